The quantitative estimate of drug-likeness (QED) is 0.564. The number of methoxy groups -OCH3 is 1. The molecular formula is C22H26N2O3. The highest BCUT2D eigenvalue weighted by Crippen LogP contribution is 2.76. The molecule has 4 heterocycles. The minimum absolute atomic E-state index is 0.0902. The van der Waals surface area contributed by atoms with Gasteiger partial charge in [-0.2, -0.15) is 0 Å². The van der Waals surface area contributed by atoms with E-state index in [4.69, 9.17) is 9.47 Å². The Hall–Kier alpha value is -1.85. The number of hydrogen-bond acceptors (Lipinski definition) is 5. The number of carbonyl (C=O) groups is 1. The predicted molar refractivity (Wildman–Crippen MR) is 101 cm³/mol. The van der Waals surface area contributed by atoms with E-state index in [0.717, 1.165) is 25.9 Å². The first-order valence-electron chi connectivity index (χ1n) is 10.0. The summed E-state index contributed by atoms with van der Waals surface area (Å²) in [5.41, 5.74) is 2.40. The molecule has 0 radical (unpaired) electrons. The lowest BCUT2D eigenvalue weighted by Crippen LogP contribution is -2.80. The molecule has 4 fully saturated rings. The van der Waals surface area contributed by atoms with Gasteiger partial charge in [0.05, 0.1) is 25.2 Å². The molecule has 6 rings (SSSR count). The standard InChI is InChI=1S/C22H26N2O3/c1-4-14-12-24-10-9-21-15-7-5-6-8-17(15)23(2)22(21)18(24)11-16(14)20(21,13-27-22)19(25)26-3/h4-8,16,18H,9-13H2,1-3H3/b14-4-/t16?,18?,20?,21-,22?/m0/s1. The Kier molecular flexibility index (Phi) is 2.84. The molecule has 3 saturated heterocycles. The van der Waals surface area contributed by atoms with Crippen molar-refractivity contribution in [2.24, 2.45) is 11.3 Å². The molecule has 1 aromatic carbocycles. The fourth-order valence-electron chi connectivity index (χ4n) is 7.75. The molecule has 0 spiro atoms. The van der Waals surface area contributed by atoms with Crippen LogP contribution in [0.2, 0.25) is 0 Å². The van der Waals surface area contributed by atoms with E-state index in [1.165, 1.54) is 23.9 Å². The Balaban J connectivity index is 1.75. The van der Waals surface area contributed by atoms with Crippen LogP contribution in [0, 0.1) is 11.3 Å². The fraction of sp³-hybridized carbons (Fsp3) is 0.591. The number of anilines is 1. The largest absolute Gasteiger partial charge is 0.468 e. The van der Waals surface area contributed by atoms with Crippen LogP contribution >= 0.6 is 0 Å². The Morgan fingerprint density at radius 2 is 2.19 bits per heavy atom. The second-order valence-corrected chi connectivity index (χ2v) is 8.82. The number of fused-ring (bicyclic) bond motifs is 3. The summed E-state index contributed by atoms with van der Waals surface area (Å²) >= 11 is 0. The van der Waals surface area contributed by atoms with Gasteiger partial charge in [0, 0.05) is 31.7 Å². The van der Waals surface area contributed by atoms with E-state index < -0.39 is 11.1 Å². The minimum atomic E-state index is -0.645. The number of allylic oxidation sites excluding steroid dienone is 1. The molecule has 5 heteroatoms. The van der Waals surface area contributed by atoms with Gasteiger partial charge >= 0.3 is 5.97 Å². The molecule has 5 nitrogen and oxygen atoms in total. The minimum Gasteiger partial charge on any atom is -0.468 e. The zero-order chi connectivity index (χ0) is 18.6. The molecule has 1 aromatic rings. The van der Waals surface area contributed by atoms with Gasteiger partial charge < -0.3 is 14.4 Å². The Morgan fingerprint density at radius 3 is 2.96 bits per heavy atom. The summed E-state index contributed by atoms with van der Waals surface area (Å²) in [5.74, 6) is 0.0966. The monoisotopic (exact) mass is 366 g/mol. The summed E-state index contributed by atoms with van der Waals surface area (Å²) in [6.45, 7) is 4.50. The Labute approximate surface area is 159 Å². The number of nitrogens with zero attached hydrogens (tertiary/aromatic N) is 2. The number of carbonyl (C=O) groups excluding carboxylic acids is 1. The molecule has 0 N–H and O–H groups in total. The first-order chi connectivity index (χ1) is 13.1. The first-order valence-corrected chi connectivity index (χ1v) is 10.0. The number of hydrogen-bond donors (Lipinski definition) is 0. The number of ether oxygens (including phenoxy) is 2. The molecule has 4 aliphatic heterocycles. The molecule has 1 aliphatic carbocycles. The molecule has 27 heavy (non-hydrogen) atoms. The van der Waals surface area contributed by atoms with Crippen LogP contribution in [0.3, 0.4) is 0 Å². The van der Waals surface area contributed by atoms with Crippen molar-refractivity contribution >= 4 is 11.7 Å². The highest BCUT2D eigenvalue weighted by molar-refractivity contribution is 5.86. The van der Waals surface area contributed by atoms with Gasteiger partial charge in [0.2, 0.25) is 0 Å². The van der Waals surface area contributed by atoms with Crippen molar-refractivity contribution < 1.29 is 14.3 Å². The van der Waals surface area contributed by atoms with Gasteiger partial charge in [-0.05, 0) is 31.4 Å². The molecule has 0 amide bonds. The smallest absolute Gasteiger partial charge is 0.315 e. The van der Waals surface area contributed by atoms with Gasteiger partial charge in [0.25, 0.3) is 0 Å². The molecule has 5 atom stereocenters. The van der Waals surface area contributed by atoms with Crippen LogP contribution in [-0.2, 0) is 19.7 Å². The van der Waals surface area contributed by atoms with E-state index in [-0.39, 0.29) is 17.3 Å². The second kappa shape index (κ2) is 4.76. The lowest BCUT2D eigenvalue weighted by molar-refractivity contribution is -0.183. The van der Waals surface area contributed by atoms with Crippen LogP contribution in [0.1, 0.15) is 25.3 Å². The fourth-order valence-corrected chi connectivity index (χ4v) is 7.75. The third-order valence-corrected chi connectivity index (χ3v) is 8.59. The van der Waals surface area contributed by atoms with E-state index in [0.29, 0.717) is 12.6 Å². The Bertz CT molecular complexity index is 897. The van der Waals surface area contributed by atoms with E-state index >= 15 is 0 Å². The maximum Gasteiger partial charge on any atom is 0.315 e. The van der Waals surface area contributed by atoms with Crippen LogP contribution in [0.4, 0.5) is 5.69 Å². The van der Waals surface area contributed by atoms with Crippen LogP contribution in [-0.4, -0.2) is 56.5 Å². The summed E-state index contributed by atoms with van der Waals surface area (Å²) < 4.78 is 12.3. The van der Waals surface area contributed by atoms with Gasteiger partial charge in [-0.1, -0.05) is 29.8 Å². The van der Waals surface area contributed by atoms with Gasteiger partial charge in [-0.25, -0.2) is 0 Å². The SMILES string of the molecule is C/C=C1/CN2CC[C@@]34c5ccccc5N(C)C35OCC4(C(=O)OC)C1CC25. The number of likely N-dealkylation sites (N-methyl/N-ethyl adjacent to an activating group) is 1. The summed E-state index contributed by atoms with van der Waals surface area (Å²) in [6.07, 6.45) is 4.13. The van der Waals surface area contributed by atoms with Crippen molar-refractivity contribution in [3.05, 3.63) is 41.5 Å². The van der Waals surface area contributed by atoms with Gasteiger partial charge in [-0.3, -0.25) is 9.69 Å². The first kappa shape index (κ1) is 16.1. The predicted octanol–water partition coefficient (Wildman–Crippen LogP) is 2.31. The third kappa shape index (κ3) is 1.34. The number of piperidine rings is 2. The number of para-hydroxylation sites is 1. The molecule has 0 aromatic heterocycles. The maximum absolute atomic E-state index is 13.6. The van der Waals surface area contributed by atoms with Crippen molar-refractivity contribution in [2.75, 3.05) is 38.8 Å². The summed E-state index contributed by atoms with van der Waals surface area (Å²) in [6, 6.07) is 8.92. The normalized spacial score (nSPS) is 45.1. The molecule has 4 unspecified atom stereocenters. The van der Waals surface area contributed by atoms with Gasteiger partial charge in [-0.15, -0.1) is 0 Å². The Morgan fingerprint density at radius 1 is 1.37 bits per heavy atom. The maximum atomic E-state index is 13.6. The summed E-state index contributed by atoms with van der Waals surface area (Å²) in [5, 5.41) is 0. The van der Waals surface area contributed by atoms with Crippen molar-refractivity contribution in [1.82, 2.24) is 4.90 Å². The van der Waals surface area contributed by atoms with E-state index in [1.54, 1.807) is 0 Å². The average Bonchev–Trinajstić information content (AvgIpc) is 3.09. The third-order valence-electron chi connectivity index (χ3n) is 8.59. The topological polar surface area (TPSA) is 42.0 Å². The van der Waals surface area contributed by atoms with E-state index in [2.05, 4.69) is 54.1 Å². The van der Waals surface area contributed by atoms with Crippen LogP contribution in [0.25, 0.3) is 0 Å². The highest BCUT2D eigenvalue weighted by Gasteiger charge is 2.86. The zero-order valence-electron chi connectivity index (χ0n) is 16.2. The highest BCUT2D eigenvalue weighted by atomic mass is 16.6. The number of rotatable bonds is 1. The van der Waals surface area contributed by atoms with E-state index in [1.807, 2.05) is 0 Å². The van der Waals surface area contributed by atoms with E-state index in [9.17, 15) is 4.79 Å². The lowest BCUT2D eigenvalue weighted by Gasteiger charge is -2.66. The average molecular weight is 366 g/mol. The van der Waals surface area contributed by atoms with Gasteiger partial charge in [0.15, 0.2) is 5.72 Å². The molecule has 1 saturated carbocycles. The van der Waals surface area contributed by atoms with Crippen molar-refractivity contribution in [3.63, 3.8) is 0 Å². The van der Waals surface area contributed by atoms with Crippen LogP contribution in [0.15, 0.2) is 35.9 Å². The van der Waals surface area contributed by atoms with Crippen molar-refractivity contribution in [1.29, 1.82) is 0 Å². The van der Waals surface area contributed by atoms with Crippen molar-refractivity contribution in [3.8, 4) is 0 Å². The molecular weight excluding hydrogens is 340 g/mol. The molecule has 5 bridgehead atoms. The second-order valence-electron chi connectivity index (χ2n) is 8.82. The number of benzene rings is 1. The summed E-state index contributed by atoms with van der Waals surface area (Å²) in [7, 11) is 3.70. The van der Waals surface area contributed by atoms with Crippen LogP contribution < -0.4 is 4.90 Å². The van der Waals surface area contributed by atoms with Gasteiger partial charge in [0.1, 0.15) is 5.41 Å². The summed E-state index contributed by atoms with van der Waals surface area (Å²) in [4.78, 5) is 18.5. The van der Waals surface area contributed by atoms with Crippen molar-refractivity contribution in [2.45, 2.75) is 36.9 Å². The lowest BCUT2D eigenvalue weighted by atomic mass is 9.43. The number of esters is 1. The molecule has 5 aliphatic rings. The molecule has 142 valence electrons. The van der Waals surface area contributed by atoms with Crippen LogP contribution in [0.5, 0.6) is 0 Å². The zero-order valence-corrected chi connectivity index (χ0v) is 16.2.